The van der Waals surface area contributed by atoms with Crippen molar-refractivity contribution in [3.05, 3.63) is 41.1 Å². The minimum absolute atomic E-state index is 0.313. The standard InChI is InChI=1S/C13H14N2O3/c1-15-7-11(6-14)12-4-3-9(13(17)18-2)5-10(12)8-16/h3-8H,14H2,1-2H3/b11-6+,15-7?. The van der Waals surface area contributed by atoms with Gasteiger partial charge in [0.25, 0.3) is 0 Å². The number of methoxy groups -OCH3 is 1. The number of aliphatic imine (C=N–C) groups is 1. The number of carbonyl (C=O) groups excluding carboxylic acids is 2. The van der Waals surface area contributed by atoms with Gasteiger partial charge < -0.3 is 10.5 Å². The summed E-state index contributed by atoms with van der Waals surface area (Å²) in [6.07, 6.45) is 3.56. The zero-order chi connectivity index (χ0) is 13.5. The van der Waals surface area contributed by atoms with Crippen LogP contribution in [0, 0.1) is 0 Å². The second-order valence-electron chi connectivity index (χ2n) is 3.42. The molecule has 0 saturated heterocycles. The highest BCUT2D eigenvalue weighted by molar-refractivity contribution is 6.12. The number of carbonyl (C=O) groups is 2. The number of aldehydes is 1. The van der Waals surface area contributed by atoms with E-state index in [4.69, 9.17) is 5.73 Å². The molecule has 0 spiro atoms. The van der Waals surface area contributed by atoms with E-state index in [2.05, 4.69) is 9.73 Å². The molecule has 94 valence electrons. The van der Waals surface area contributed by atoms with E-state index >= 15 is 0 Å². The molecule has 2 N–H and O–H groups in total. The van der Waals surface area contributed by atoms with Crippen molar-refractivity contribution >= 4 is 24.0 Å². The van der Waals surface area contributed by atoms with Gasteiger partial charge in [0.15, 0.2) is 6.29 Å². The highest BCUT2D eigenvalue weighted by atomic mass is 16.5. The van der Waals surface area contributed by atoms with Crippen LogP contribution in [0.5, 0.6) is 0 Å². The van der Waals surface area contributed by atoms with E-state index in [0.29, 0.717) is 28.5 Å². The summed E-state index contributed by atoms with van der Waals surface area (Å²) in [6, 6.07) is 4.67. The molecule has 0 aliphatic rings. The number of hydrogen-bond donors (Lipinski definition) is 1. The molecule has 0 aliphatic carbocycles. The Bertz CT molecular complexity index is 519. The monoisotopic (exact) mass is 246 g/mol. The van der Waals surface area contributed by atoms with Crippen LogP contribution in [-0.2, 0) is 4.74 Å². The third-order valence-corrected chi connectivity index (χ3v) is 2.36. The van der Waals surface area contributed by atoms with E-state index in [1.807, 2.05) is 0 Å². The molecule has 0 bridgehead atoms. The van der Waals surface area contributed by atoms with E-state index in [1.165, 1.54) is 19.4 Å². The van der Waals surface area contributed by atoms with Gasteiger partial charge in [-0.1, -0.05) is 6.07 Å². The Morgan fingerprint density at radius 2 is 2.17 bits per heavy atom. The molecule has 0 heterocycles. The quantitative estimate of drug-likeness (QED) is 0.493. The minimum atomic E-state index is -0.493. The Kier molecular flexibility index (Phi) is 4.80. The number of nitrogens with two attached hydrogens (primary N) is 1. The van der Waals surface area contributed by atoms with Crippen LogP contribution in [0.2, 0.25) is 0 Å². The number of nitrogens with zero attached hydrogens (tertiary/aromatic N) is 1. The molecule has 0 aliphatic heterocycles. The molecule has 1 rings (SSSR count). The summed E-state index contributed by atoms with van der Waals surface area (Å²) in [5.41, 5.74) is 7.37. The lowest BCUT2D eigenvalue weighted by molar-refractivity contribution is 0.0600. The first-order valence-corrected chi connectivity index (χ1v) is 5.20. The van der Waals surface area contributed by atoms with E-state index in [1.54, 1.807) is 25.4 Å². The van der Waals surface area contributed by atoms with Crippen molar-refractivity contribution in [2.45, 2.75) is 0 Å². The van der Waals surface area contributed by atoms with Crippen LogP contribution in [0.3, 0.4) is 0 Å². The van der Waals surface area contributed by atoms with E-state index in [9.17, 15) is 9.59 Å². The van der Waals surface area contributed by atoms with Gasteiger partial charge in [0.2, 0.25) is 0 Å². The van der Waals surface area contributed by atoms with Crippen LogP contribution < -0.4 is 5.73 Å². The summed E-state index contributed by atoms with van der Waals surface area (Å²) in [5.74, 6) is -0.493. The van der Waals surface area contributed by atoms with E-state index in [-0.39, 0.29) is 0 Å². The Labute approximate surface area is 105 Å². The number of rotatable bonds is 4. The molecule has 1 aromatic rings. The van der Waals surface area contributed by atoms with Gasteiger partial charge in [-0.25, -0.2) is 4.79 Å². The molecule has 1 aromatic carbocycles. The molecule has 0 saturated carbocycles. The smallest absolute Gasteiger partial charge is 0.337 e. The largest absolute Gasteiger partial charge is 0.465 e. The fourth-order valence-electron chi connectivity index (χ4n) is 1.51. The third kappa shape index (κ3) is 2.82. The Balaban J connectivity index is 3.31. The van der Waals surface area contributed by atoms with Crippen molar-refractivity contribution in [2.75, 3.05) is 14.2 Å². The molecule has 5 heteroatoms. The van der Waals surface area contributed by atoms with Crippen LogP contribution in [0.15, 0.2) is 29.4 Å². The average molecular weight is 246 g/mol. The van der Waals surface area contributed by atoms with Crippen LogP contribution in [0.1, 0.15) is 26.3 Å². The van der Waals surface area contributed by atoms with Crippen molar-refractivity contribution in [1.29, 1.82) is 0 Å². The third-order valence-electron chi connectivity index (χ3n) is 2.36. The number of allylic oxidation sites excluding steroid dienone is 1. The summed E-state index contributed by atoms with van der Waals surface area (Å²) < 4.78 is 4.59. The molecule has 5 nitrogen and oxygen atoms in total. The SMILES string of the molecule is CN=C/C(=C\N)c1ccc(C(=O)OC)cc1C=O. The maximum absolute atomic E-state index is 11.4. The fraction of sp³-hybridized carbons (Fsp3) is 0.154. The van der Waals surface area contributed by atoms with Crippen molar-refractivity contribution < 1.29 is 14.3 Å². The van der Waals surface area contributed by atoms with Crippen molar-refractivity contribution in [2.24, 2.45) is 10.7 Å². The van der Waals surface area contributed by atoms with Gasteiger partial charge in [0.1, 0.15) is 0 Å². The average Bonchev–Trinajstić information content (AvgIpc) is 2.43. The Morgan fingerprint density at radius 3 is 2.67 bits per heavy atom. The minimum Gasteiger partial charge on any atom is -0.465 e. The fourth-order valence-corrected chi connectivity index (χ4v) is 1.51. The molecule has 0 aromatic heterocycles. The summed E-state index contributed by atoms with van der Waals surface area (Å²) in [5, 5.41) is 0. The Hall–Kier alpha value is -2.43. The van der Waals surface area contributed by atoms with Crippen molar-refractivity contribution in [3.63, 3.8) is 0 Å². The summed E-state index contributed by atoms with van der Waals surface area (Å²) in [4.78, 5) is 26.3. The topological polar surface area (TPSA) is 81.8 Å². The van der Waals surface area contributed by atoms with Crippen LogP contribution in [-0.4, -0.2) is 32.6 Å². The van der Waals surface area contributed by atoms with Gasteiger partial charge in [-0.15, -0.1) is 0 Å². The van der Waals surface area contributed by atoms with Gasteiger partial charge in [-0.3, -0.25) is 9.79 Å². The van der Waals surface area contributed by atoms with Crippen molar-refractivity contribution in [3.8, 4) is 0 Å². The lowest BCUT2D eigenvalue weighted by Crippen LogP contribution is -2.04. The molecule has 0 atom stereocenters. The highest BCUT2D eigenvalue weighted by Gasteiger charge is 2.11. The van der Waals surface area contributed by atoms with Gasteiger partial charge in [0, 0.05) is 30.6 Å². The summed E-state index contributed by atoms with van der Waals surface area (Å²) in [7, 11) is 2.89. The van der Waals surface area contributed by atoms with Gasteiger partial charge in [-0.2, -0.15) is 0 Å². The number of esters is 1. The first-order chi connectivity index (χ1) is 8.67. The normalized spacial score (nSPS) is 11.6. The lowest BCUT2D eigenvalue weighted by Gasteiger charge is -2.07. The van der Waals surface area contributed by atoms with Gasteiger partial charge >= 0.3 is 5.97 Å². The number of benzene rings is 1. The number of ether oxygens (including phenoxy) is 1. The second-order valence-corrected chi connectivity index (χ2v) is 3.42. The highest BCUT2D eigenvalue weighted by Crippen LogP contribution is 2.18. The lowest BCUT2D eigenvalue weighted by atomic mass is 9.99. The van der Waals surface area contributed by atoms with Gasteiger partial charge in [-0.05, 0) is 17.7 Å². The zero-order valence-electron chi connectivity index (χ0n) is 10.2. The molecule has 0 fully saturated rings. The predicted molar refractivity (Wildman–Crippen MR) is 69.7 cm³/mol. The maximum Gasteiger partial charge on any atom is 0.337 e. The van der Waals surface area contributed by atoms with E-state index < -0.39 is 5.97 Å². The molecular weight excluding hydrogens is 232 g/mol. The summed E-state index contributed by atoms with van der Waals surface area (Å²) in [6.45, 7) is 0. The van der Waals surface area contributed by atoms with Crippen LogP contribution in [0.4, 0.5) is 0 Å². The second kappa shape index (κ2) is 6.34. The number of hydrogen-bond acceptors (Lipinski definition) is 5. The predicted octanol–water partition coefficient (Wildman–Crippen LogP) is 1.29. The maximum atomic E-state index is 11.4. The van der Waals surface area contributed by atoms with Crippen LogP contribution >= 0.6 is 0 Å². The molecule has 0 amide bonds. The molecule has 0 radical (unpaired) electrons. The molecular formula is C13H14N2O3. The van der Waals surface area contributed by atoms with Gasteiger partial charge in [0.05, 0.1) is 12.7 Å². The van der Waals surface area contributed by atoms with Crippen molar-refractivity contribution in [1.82, 2.24) is 0 Å². The summed E-state index contributed by atoms with van der Waals surface area (Å²) >= 11 is 0. The van der Waals surface area contributed by atoms with E-state index in [0.717, 1.165) is 0 Å². The Morgan fingerprint density at radius 1 is 1.44 bits per heavy atom. The van der Waals surface area contributed by atoms with Crippen LogP contribution in [0.25, 0.3) is 5.57 Å². The zero-order valence-corrected chi connectivity index (χ0v) is 10.2. The first kappa shape index (κ1) is 13.6. The molecule has 18 heavy (non-hydrogen) atoms. The first-order valence-electron chi connectivity index (χ1n) is 5.20. The molecule has 0 unspecified atom stereocenters.